The summed E-state index contributed by atoms with van der Waals surface area (Å²) in [5.41, 5.74) is 2.34. The van der Waals surface area contributed by atoms with Gasteiger partial charge in [-0.3, -0.25) is 9.59 Å². The molecular formula is C22H23FN2O3. The molecule has 0 fully saturated rings. The molecule has 0 saturated heterocycles. The highest BCUT2D eigenvalue weighted by atomic mass is 19.1. The van der Waals surface area contributed by atoms with Crippen molar-refractivity contribution in [2.45, 2.75) is 26.2 Å². The molecular weight excluding hydrogens is 359 g/mol. The number of amides is 1. The summed E-state index contributed by atoms with van der Waals surface area (Å²) in [5, 5.41) is 3.78. The highest BCUT2D eigenvalue weighted by Crippen LogP contribution is 2.14. The first kappa shape index (κ1) is 19.6. The number of aryl methyl sites for hydroxylation is 2. The van der Waals surface area contributed by atoms with Crippen LogP contribution in [0.4, 0.5) is 4.39 Å². The lowest BCUT2D eigenvalue weighted by molar-refractivity contribution is -0.121. The number of pyridine rings is 1. The van der Waals surface area contributed by atoms with Crippen LogP contribution in [0.3, 0.4) is 0 Å². The van der Waals surface area contributed by atoms with Crippen LogP contribution in [0.2, 0.25) is 0 Å². The molecule has 0 spiro atoms. The lowest BCUT2D eigenvalue weighted by atomic mass is 10.1. The van der Waals surface area contributed by atoms with Gasteiger partial charge in [-0.15, -0.1) is 0 Å². The number of nitrogens with one attached hydrogen (secondary N) is 2. The van der Waals surface area contributed by atoms with E-state index in [2.05, 4.69) is 10.3 Å². The third kappa shape index (κ3) is 5.42. The second kappa shape index (κ2) is 9.17. The normalized spacial score (nSPS) is 10.8. The van der Waals surface area contributed by atoms with Gasteiger partial charge in [-0.1, -0.05) is 12.1 Å². The number of carbonyl (C=O) groups is 1. The van der Waals surface area contributed by atoms with Crippen LogP contribution in [0.1, 0.15) is 24.0 Å². The van der Waals surface area contributed by atoms with Gasteiger partial charge in [0.15, 0.2) is 0 Å². The summed E-state index contributed by atoms with van der Waals surface area (Å²) in [7, 11) is 0. The van der Waals surface area contributed by atoms with Gasteiger partial charge in [-0.2, -0.15) is 0 Å². The molecule has 0 aliphatic carbocycles. The van der Waals surface area contributed by atoms with Crippen LogP contribution >= 0.6 is 0 Å². The number of hydrogen-bond donors (Lipinski definition) is 2. The van der Waals surface area contributed by atoms with Crippen LogP contribution in [-0.2, 0) is 11.2 Å². The lowest BCUT2D eigenvalue weighted by Crippen LogP contribution is -2.26. The Balaban J connectivity index is 1.41. The smallest absolute Gasteiger partial charge is 0.251 e. The molecule has 0 bridgehead atoms. The van der Waals surface area contributed by atoms with E-state index in [0.717, 1.165) is 16.5 Å². The number of halogens is 1. The second-order valence-electron chi connectivity index (χ2n) is 6.72. The molecule has 0 aliphatic rings. The Morgan fingerprint density at radius 3 is 2.71 bits per heavy atom. The predicted molar refractivity (Wildman–Crippen MR) is 107 cm³/mol. The Morgan fingerprint density at radius 1 is 1.14 bits per heavy atom. The average molecular weight is 382 g/mol. The molecule has 2 aromatic carbocycles. The summed E-state index contributed by atoms with van der Waals surface area (Å²) in [6, 6.07) is 13.5. The zero-order valence-corrected chi connectivity index (χ0v) is 15.8. The van der Waals surface area contributed by atoms with Crippen molar-refractivity contribution in [1.82, 2.24) is 10.3 Å². The molecule has 3 rings (SSSR count). The molecule has 0 radical (unpaired) electrons. The molecule has 1 amide bonds. The maximum atomic E-state index is 12.8. The van der Waals surface area contributed by atoms with E-state index in [9.17, 15) is 14.0 Å². The van der Waals surface area contributed by atoms with Gasteiger partial charge in [-0.25, -0.2) is 4.39 Å². The van der Waals surface area contributed by atoms with Crippen molar-refractivity contribution in [3.63, 3.8) is 0 Å². The van der Waals surface area contributed by atoms with E-state index in [1.165, 1.54) is 12.1 Å². The van der Waals surface area contributed by atoms with Crippen molar-refractivity contribution < 1.29 is 13.9 Å². The minimum atomic E-state index is -0.306. The Hall–Kier alpha value is -3.15. The monoisotopic (exact) mass is 382 g/mol. The molecule has 1 heterocycles. The molecule has 146 valence electrons. The van der Waals surface area contributed by atoms with E-state index in [1.54, 1.807) is 12.1 Å². The van der Waals surface area contributed by atoms with Crippen molar-refractivity contribution in [3.05, 3.63) is 75.8 Å². The van der Waals surface area contributed by atoms with E-state index in [1.807, 2.05) is 31.2 Å². The summed E-state index contributed by atoms with van der Waals surface area (Å²) >= 11 is 0. The van der Waals surface area contributed by atoms with Crippen molar-refractivity contribution in [1.29, 1.82) is 0 Å². The molecule has 2 N–H and O–H groups in total. The van der Waals surface area contributed by atoms with Gasteiger partial charge in [0.1, 0.15) is 11.6 Å². The molecule has 28 heavy (non-hydrogen) atoms. The van der Waals surface area contributed by atoms with E-state index in [-0.39, 0.29) is 23.7 Å². The standard InChI is InChI=1S/C22H23FN2O3/c1-15-3-4-16-14-17(22(27)25-20(16)13-15)5-10-21(26)24-11-2-12-28-19-8-6-18(23)7-9-19/h3-4,6-9,13-14H,2,5,10-12H2,1H3,(H,24,26)(H,25,27). The summed E-state index contributed by atoms with van der Waals surface area (Å²) in [5.74, 6) is 0.184. The van der Waals surface area contributed by atoms with E-state index in [0.29, 0.717) is 37.3 Å². The fourth-order valence-electron chi connectivity index (χ4n) is 2.90. The largest absolute Gasteiger partial charge is 0.494 e. The van der Waals surface area contributed by atoms with Gasteiger partial charge in [0.2, 0.25) is 5.91 Å². The van der Waals surface area contributed by atoms with Crippen LogP contribution in [0.25, 0.3) is 10.9 Å². The minimum absolute atomic E-state index is 0.106. The lowest BCUT2D eigenvalue weighted by Gasteiger charge is -2.08. The van der Waals surface area contributed by atoms with Crippen LogP contribution in [0, 0.1) is 12.7 Å². The molecule has 0 atom stereocenters. The summed E-state index contributed by atoms with van der Waals surface area (Å²) in [6.45, 7) is 2.88. The van der Waals surface area contributed by atoms with Crippen molar-refractivity contribution in [2.24, 2.45) is 0 Å². The highest BCUT2D eigenvalue weighted by molar-refractivity contribution is 5.80. The first-order valence-electron chi connectivity index (χ1n) is 9.29. The Morgan fingerprint density at radius 2 is 1.93 bits per heavy atom. The van der Waals surface area contributed by atoms with E-state index >= 15 is 0 Å². The molecule has 6 heteroatoms. The Labute approximate surface area is 162 Å². The van der Waals surface area contributed by atoms with Crippen LogP contribution in [0.15, 0.2) is 53.3 Å². The average Bonchev–Trinajstić information content (AvgIpc) is 2.67. The molecule has 1 aromatic heterocycles. The SMILES string of the molecule is Cc1ccc2cc(CCC(=O)NCCCOc3ccc(F)cc3)c(=O)[nH]c2c1. The Kier molecular flexibility index (Phi) is 6.42. The van der Waals surface area contributed by atoms with Crippen LogP contribution in [-0.4, -0.2) is 24.0 Å². The molecule has 5 nitrogen and oxygen atoms in total. The maximum absolute atomic E-state index is 12.8. The van der Waals surface area contributed by atoms with Gasteiger partial charge in [-0.05, 0) is 67.1 Å². The zero-order valence-electron chi connectivity index (χ0n) is 15.8. The third-order valence-electron chi connectivity index (χ3n) is 4.43. The van der Waals surface area contributed by atoms with Gasteiger partial charge in [0.25, 0.3) is 5.56 Å². The minimum Gasteiger partial charge on any atom is -0.494 e. The number of aromatic amines is 1. The topological polar surface area (TPSA) is 71.2 Å². The van der Waals surface area contributed by atoms with Gasteiger partial charge < -0.3 is 15.0 Å². The summed E-state index contributed by atoms with van der Waals surface area (Å²) in [6.07, 6.45) is 1.27. The first-order chi connectivity index (χ1) is 13.5. The fraction of sp³-hybridized carbons (Fsp3) is 0.273. The number of fused-ring (bicyclic) bond motifs is 1. The van der Waals surface area contributed by atoms with Gasteiger partial charge in [0.05, 0.1) is 6.61 Å². The maximum Gasteiger partial charge on any atom is 0.251 e. The second-order valence-corrected chi connectivity index (χ2v) is 6.72. The number of hydrogen-bond acceptors (Lipinski definition) is 3. The third-order valence-corrected chi connectivity index (χ3v) is 4.43. The van der Waals surface area contributed by atoms with Crippen LogP contribution < -0.4 is 15.6 Å². The first-order valence-corrected chi connectivity index (χ1v) is 9.29. The Bertz CT molecular complexity index is 1010. The number of aromatic nitrogens is 1. The zero-order chi connectivity index (χ0) is 19.9. The number of rotatable bonds is 8. The quantitative estimate of drug-likeness (QED) is 0.586. The van der Waals surface area contributed by atoms with Gasteiger partial charge in [0, 0.05) is 24.0 Å². The summed E-state index contributed by atoms with van der Waals surface area (Å²) in [4.78, 5) is 27.1. The van der Waals surface area contributed by atoms with Crippen LogP contribution in [0.5, 0.6) is 5.75 Å². The number of H-pyrrole nitrogens is 1. The highest BCUT2D eigenvalue weighted by Gasteiger charge is 2.07. The van der Waals surface area contributed by atoms with Crippen molar-refractivity contribution in [2.75, 3.05) is 13.2 Å². The number of ether oxygens (including phenoxy) is 1. The van der Waals surface area contributed by atoms with Crippen molar-refractivity contribution >= 4 is 16.8 Å². The van der Waals surface area contributed by atoms with E-state index < -0.39 is 0 Å². The molecule has 0 unspecified atom stereocenters. The van der Waals surface area contributed by atoms with E-state index in [4.69, 9.17) is 4.74 Å². The fourth-order valence-corrected chi connectivity index (χ4v) is 2.90. The van der Waals surface area contributed by atoms with Gasteiger partial charge >= 0.3 is 0 Å². The number of benzene rings is 2. The summed E-state index contributed by atoms with van der Waals surface area (Å²) < 4.78 is 18.3. The molecule has 3 aromatic rings. The molecule has 0 aliphatic heterocycles. The molecule has 0 saturated carbocycles. The predicted octanol–water partition coefficient (Wildman–Crippen LogP) is 3.49. The van der Waals surface area contributed by atoms with Crippen molar-refractivity contribution in [3.8, 4) is 5.75 Å². The number of carbonyl (C=O) groups excluding carboxylic acids is 1.